The van der Waals surface area contributed by atoms with Crippen LogP contribution in [-0.4, -0.2) is 67.2 Å². The first-order valence-electron chi connectivity index (χ1n) is 7.04. The molecule has 0 unspecified atom stereocenters. The van der Waals surface area contributed by atoms with Gasteiger partial charge in [0.15, 0.2) is 0 Å². The predicted octanol–water partition coefficient (Wildman–Crippen LogP) is -0.966. The third-order valence-electron chi connectivity index (χ3n) is 2.94. The number of urea groups is 1. The number of nitrogens with one attached hydrogen (secondary N) is 2. The van der Waals surface area contributed by atoms with Gasteiger partial charge < -0.3 is 9.47 Å². The van der Waals surface area contributed by atoms with Gasteiger partial charge in [-0.15, -0.1) is 0 Å². The topological polar surface area (TPSA) is 149 Å². The van der Waals surface area contributed by atoms with Crippen LogP contribution in [0.5, 0.6) is 6.01 Å². The number of benzene rings is 1. The first kappa shape index (κ1) is 22.3. The van der Waals surface area contributed by atoms with E-state index in [-0.39, 0.29) is 40.9 Å². The van der Waals surface area contributed by atoms with Crippen molar-refractivity contribution in [1.82, 2.24) is 19.7 Å². The van der Waals surface area contributed by atoms with E-state index < -0.39 is 26.9 Å². The zero-order chi connectivity index (χ0) is 19.3. The van der Waals surface area contributed by atoms with Crippen molar-refractivity contribution in [1.29, 1.82) is 0 Å². The SMILES string of the molecule is COC(=O)c1ccccc1S(=O)(=O)NC(=O)Nc1nc(C)nc(OC)n1.[GeH4]. The molecule has 2 aromatic rings. The van der Waals surface area contributed by atoms with E-state index in [4.69, 9.17) is 4.74 Å². The summed E-state index contributed by atoms with van der Waals surface area (Å²) in [6, 6.07) is 4.12. The van der Waals surface area contributed by atoms with Crippen molar-refractivity contribution in [3.8, 4) is 6.01 Å². The molecular weight excluding hydrogens is 439 g/mol. The Morgan fingerprint density at radius 2 is 1.74 bits per heavy atom. The molecule has 0 atom stereocenters. The van der Waals surface area contributed by atoms with Crippen LogP contribution in [0.25, 0.3) is 0 Å². The van der Waals surface area contributed by atoms with Gasteiger partial charge in [-0.1, -0.05) is 12.1 Å². The summed E-state index contributed by atoms with van der Waals surface area (Å²) in [7, 11) is -1.92. The third-order valence-corrected chi connectivity index (χ3v) is 4.33. The Labute approximate surface area is 165 Å². The van der Waals surface area contributed by atoms with Gasteiger partial charge in [-0.3, -0.25) is 5.32 Å². The van der Waals surface area contributed by atoms with Gasteiger partial charge >= 0.3 is 35.6 Å². The van der Waals surface area contributed by atoms with Crippen LogP contribution in [0.3, 0.4) is 0 Å². The Kier molecular flexibility index (Phi) is 7.66. The quantitative estimate of drug-likeness (QED) is 0.427. The molecule has 1 heterocycles. The summed E-state index contributed by atoms with van der Waals surface area (Å²) in [6.07, 6.45) is 0. The fraction of sp³-hybridized carbons (Fsp3) is 0.214. The van der Waals surface area contributed by atoms with Gasteiger partial charge in [0.1, 0.15) is 10.7 Å². The van der Waals surface area contributed by atoms with Crippen molar-refractivity contribution in [2.45, 2.75) is 11.8 Å². The number of nitrogens with zero attached hydrogens (tertiary/aromatic N) is 3. The van der Waals surface area contributed by atoms with Gasteiger partial charge in [-0.05, 0) is 19.1 Å². The molecule has 0 spiro atoms. The molecule has 13 heteroatoms. The summed E-state index contributed by atoms with van der Waals surface area (Å²) >= 11 is 0. The summed E-state index contributed by atoms with van der Waals surface area (Å²) in [5.74, 6) is -0.807. The molecule has 0 saturated carbocycles. The summed E-state index contributed by atoms with van der Waals surface area (Å²) < 4.78 is 36.0. The number of carbonyl (C=O) groups excluding carboxylic acids is 2. The van der Waals surface area contributed by atoms with Crippen molar-refractivity contribution >= 4 is 45.6 Å². The molecule has 0 bridgehead atoms. The summed E-state index contributed by atoms with van der Waals surface area (Å²) in [6.45, 7) is 1.54. The molecule has 0 aliphatic rings. The second-order valence-corrected chi connectivity index (χ2v) is 6.39. The average molecular weight is 458 g/mol. The molecule has 27 heavy (non-hydrogen) atoms. The molecule has 1 aromatic heterocycles. The van der Waals surface area contributed by atoms with Crippen LogP contribution in [-0.2, 0) is 14.8 Å². The summed E-state index contributed by atoms with van der Waals surface area (Å²) in [5, 5.41) is 2.16. The molecule has 1 aromatic carbocycles. The molecule has 2 amide bonds. The van der Waals surface area contributed by atoms with E-state index in [2.05, 4.69) is 25.0 Å². The van der Waals surface area contributed by atoms with Crippen LogP contribution in [0, 0.1) is 6.92 Å². The summed E-state index contributed by atoms with van der Waals surface area (Å²) in [5.41, 5.74) is -0.215. The number of carbonyl (C=O) groups is 2. The number of rotatable bonds is 5. The van der Waals surface area contributed by atoms with Gasteiger partial charge in [0.25, 0.3) is 10.0 Å². The molecule has 0 fully saturated rings. The van der Waals surface area contributed by atoms with E-state index in [0.717, 1.165) is 13.2 Å². The molecule has 0 radical (unpaired) electrons. The zero-order valence-corrected chi connectivity index (χ0v) is 14.8. The number of anilines is 1. The number of aryl methyl sites for hydroxylation is 1. The third kappa shape index (κ3) is 5.62. The number of esters is 1. The molecular formula is C14H19GeN5O6S. The van der Waals surface area contributed by atoms with Crippen LogP contribution < -0.4 is 14.8 Å². The molecule has 11 nitrogen and oxygen atoms in total. The normalized spacial score (nSPS) is 10.3. The van der Waals surface area contributed by atoms with Crippen LogP contribution >= 0.6 is 0 Å². The number of methoxy groups -OCH3 is 2. The first-order chi connectivity index (χ1) is 12.3. The van der Waals surface area contributed by atoms with Gasteiger partial charge in [-0.2, -0.15) is 15.0 Å². The van der Waals surface area contributed by atoms with Crippen LogP contribution in [0.15, 0.2) is 29.2 Å². The van der Waals surface area contributed by atoms with E-state index in [1.165, 1.54) is 32.2 Å². The van der Waals surface area contributed by atoms with E-state index in [1.54, 1.807) is 4.72 Å². The Hall–Kier alpha value is -2.74. The summed E-state index contributed by atoms with van der Waals surface area (Å²) in [4.78, 5) is 34.7. The second kappa shape index (κ2) is 9.27. The van der Waals surface area contributed by atoms with E-state index in [9.17, 15) is 18.0 Å². The molecule has 0 aliphatic heterocycles. The monoisotopic (exact) mass is 459 g/mol. The van der Waals surface area contributed by atoms with Gasteiger partial charge in [0, 0.05) is 0 Å². The van der Waals surface area contributed by atoms with E-state index in [0.29, 0.717) is 0 Å². The van der Waals surface area contributed by atoms with Crippen molar-refractivity contribution in [2.75, 3.05) is 19.5 Å². The fourth-order valence-corrected chi connectivity index (χ4v) is 2.99. The average Bonchev–Trinajstić information content (AvgIpc) is 2.59. The van der Waals surface area contributed by atoms with Crippen molar-refractivity contribution in [2.24, 2.45) is 0 Å². The molecule has 2 N–H and O–H groups in total. The van der Waals surface area contributed by atoms with E-state index >= 15 is 0 Å². The number of hydrogen-bond donors (Lipinski definition) is 2. The standard InChI is InChI=1S/C14H15N5O6S.GeH4/c1-8-15-12(18-14(16-8)25-3)17-13(21)19-26(22,23)10-7-5-4-6-9(10)11(20)24-2;/h4-7H,1-3H3,(H2,15,16,17,18,19,21);1H4. The molecule has 0 aliphatic carbocycles. The Bertz CT molecular complexity index is 953. The number of amides is 2. The molecule has 2 rings (SSSR count). The Balaban J connectivity index is 0.00000364. The number of sulfonamides is 1. The fourth-order valence-electron chi connectivity index (χ4n) is 1.89. The first-order valence-corrected chi connectivity index (χ1v) is 8.53. The number of ether oxygens (including phenoxy) is 2. The van der Waals surface area contributed by atoms with Crippen LogP contribution in [0.1, 0.15) is 16.2 Å². The van der Waals surface area contributed by atoms with Crippen LogP contribution in [0.2, 0.25) is 0 Å². The predicted molar refractivity (Wildman–Crippen MR) is 99.6 cm³/mol. The van der Waals surface area contributed by atoms with Crippen molar-refractivity contribution < 1.29 is 27.5 Å². The molecule has 0 saturated heterocycles. The van der Waals surface area contributed by atoms with E-state index in [1.807, 2.05) is 0 Å². The number of aromatic nitrogens is 3. The van der Waals surface area contributed by atoms with Crippen LogP contribution in [0.4, 0.5) is 10.7 Å². The minimum absolute atomic E-state index is 0. The second-order valence-electron chi connectivity index (χ2n) is 4.74. The van der Waals surface area contributed by atoms with Gasteiger partial charge in [0.05, 0.1) is 19.8 Å². The van der Waals surface area contributed by atoms with Crippen molar-refractivity contribution in [3.63, 3.8) is 0 Å². The Morgan fingerprint density at radius 3 is 2.37 bits per heavy atom. The minimum atomic E-state index is -4.36. The maximum atomic E-state index is 12.4. The van der Waals surface area contributed by atoms with Gasteiger partial charge in [0.2, 0.25) is 5.95 Å². The van der Waals surface area contributed by atoms with Gasteiger partial charge in [-0.25, -0.2) is 22.7 Å². The van der Waals surface area contributed by atoms with Crippen molar-refractivity contribution in [3.05, 3.63) is 35.7 Å². The number of hydrogen-bond acceptors (Lipinski definition) is 9. The zero-order valence-electron chi connectivity index (χ0n) is 14.0. The molecule has 146 valence electrons. The maximum absolute atomic E-state index is 12.4. The Morgan fingerprint density at radius 1 is 1.07 bits per heavy atom.